The first-order valence-corrected chi connectivity index (χ1v) is 17.6. The van der Waals surface area contributed by atoms with E-state index in [1.54, 1.807) is 47.4 Å². The monoisotopic (exact) mass is 729 g/mol. The molecule has 1 unspecified atom stereocenters. The molecular weight excluding hydrogens is 697 g/mol. The molecule has 7 aromatic rings. The lowest BCUT2D eigenvalue weighted by Crippen LogP contribution is -2.41. The van der Waals surface area contributed by atoms with Crippen LogP contribution in [0.2, 0.25) is 10.0 Å². The first kappa shape index (κ1) is 34.9. The lowest BCUT2D eigenvalue weighted by molar-refractivity contribution is 0.0621. The molecule has 10 heteroatoms. The fourth-order valence-electron chi connectivity index (χ4n) is 6.56. The number of nitrogens with zero attached hydrogens (tertiary/aromatic N) is 2. The summed E-state index contributed by atoms with van der Waals surface area (Å²) in [6.45, 7) is 1.18. The largest absolute Gasteiger partial charge is 0.403 e. The molecular formula is C42H33Cl2N3O5. The number of aromatic nitrogens is 1. The molecule has 0 aliphatic carbocycles. The fourth-order valence-corrected chi connectivity index (χ4v) is 6.90. The Morgan fingerprint density at radius 3 is 2.25 bits per heavy atom. The van der Waals surface area contributed by atoms with Crippen LogP contribution >= 0.6 is 23.2 Å². The van der Waals surface area contributed by atoms with E-state index in [2.05, 4.69) is 10.3 Å². The Kier molecular flexibility index (Phi) is 10.3. The molecule has 8 nitrogen and oxygen atoms in total. The number of halogens is 2. The number of fused-ring (bicyclic) bond motifs is 3. The molecule has 1 fully saturated rings. The summed E-state index contributed by atoms with van der Waals surface area (Å²) in [4.78, 5) is 44.7. The molecule has 0 radical (unpaired) electrons. The van der Waals surface area contributed by atoms with Gasteiger partial charge in [0.1, 0.15) is 0 Å². The predicted octanol–water partition coefficient (Wildman–Crippen LogP) is 9.25. The summed E-state index contributed by atoms with van der Waals surface area (Å²) in [6, 6.07) is 36.9. The van der Waals surface area contributed by atoms with E-state index in [0.29, 0.717) is 56.7 Å². The summed E-state index contributed by atoms with van der Waals surface area (Å²) in [5.74, 6) is -0.0776. The first-order chi connectivity index (χ1) is 25.3. The van der Waals surface area contributed by atoms with Crippen molar-refractivity contribution in [3.05, 3.63) is 153 Å². The second kappa shape index (κ2) is 15.4. The van der Waals surface area contributed by atoms with Crippen LogP contribution in [0, 0.1) is 5.92 Å². The van der Waals surface area contributed by atoms with Crippen LogP contribution in [0.1, 0.15) is 33.6 Å². The Balaban J connectivity index is 0.000000169. The minimum Gasteiger partial charge on any atom is -0.403 e. The van der Waals surface area contributed by atoms with Crippen LogP contribution in [0.5, 0.6) is 0 Å². The number of nitrogens with one attached hydrogen (secondary N) is 1. The highest BCUT2D eigenvalue weighted by Gasteiger charge is 2.26. The number of rotatable bonds is 5. The normalized spacial score (nSPS) is 14.2. The molecule has 2 N–H and O–H groups in total. The van der Waals surface area contributed by atoms with Crippen molar-refractivity contribution in [1.82, 2.24) is 9.88 Å². The summed E-state index contributed by atoms with van der Waals surface area (Å²) in [5, 5.41) is 17.6. The molecule has 1 saturated heterocycles. The van der Waals surface area contributed by atoms with Gasteiger partial charge in [-0.3, -0.25) is 9.59 Å². The third-order valence-electron chi connectivity index (χ3n) is 9.17. The Bertz CT molecular complexity index is 2510. The maximum absolute atomic E-state index is 13.2. The molecule has 52 heavy (non-hydrogen) atoms. The molecule has 260 valence electrons. The molecule has 8 rings (SSSR count). The van der Waals surface area contributed by atoms with Gasteiger partial charge in [-0.05, 0) is 88.8 Å². The minimum absolute atomic E-state index is 0.0595. The van der Waals surface area contributed by atoms with Crippen LogP contribution in [-0.4, -0.2) is 46.5 Å². The zero-order valence-corrected chi connectivity index (χ0v) is 29.4. The van der Waals surface area contributed by atoms with E-state index in [0.717, 1.165) is 39.9 Å². The van der Waals surface area contributed by atoms with Crippen molar-refractivity contribution in [2.24, 2.45) is 5.92 Å². The lowest BCUT2D eigenvalue weighted by atomic mass is 9.98. The number of carbonyl (C=O) groups excluding carboxylic acids is 2. The highest BCUT2D eigenvalue weighted by molar-refractivity contribution is 6.31. The van der Waals surface area contributed by atoms with Crippen LogP contribution in [0.3, 0.4) is 0 Å². The van der Waals surface area contributed by atoms with Crippen LogP contribution in [0.4, 0.5) is 5.69 Å². The number of hydrogen-bond acceptors (Lipinski definition) is 6. The fraction of sp³-hybridized carbons (Fsp3) is 0.143. The van der Waals surface area contributed by atoms with Gasteiger partial charge >= 0.3 is 5.63 Å². The van der Waals surface area contributed by atoms with Gasteiger partial charge in [0, 0.05) is 40.9 Å². The van der Waals surface area contributed by atoms with Crippen LogP contribution in [-0.2, 0) is 0 Å². The Morgan fingerprint density at radius 2 is 1.46 bits per heavy atom. The number of hydrogen-bond donors (Lipinski definition) is 2. The number of likely N-dealkylation sites (tertiary alicyclic amines) is 1. The number of benzene rings is 6. The first-order valence-electron chi connectivity index (χ1n) is 16.9. The van der Waals surface area contributed by atoms with Gasteiger partial charge in [-0.2, -0.15) is 0 Å². The third-order valence-corrected chi connectivity index (χ3v) is 9.64. The van der Waals surface area contributed by atoms with E-state index in [4.69, 9.17) is 27.6 Å². The van der Waals surface area contributed by atoms with E-state index in [9.17, 15) is 19.5 Å². The zero-order valence-electron chi connectivity index (χ0n) is 27.9. The molecule has 1 aliphatic rings. The Hall–Kier alpha value is -5.54. The molecule has 0 saturated carbocycles. The van der Waals surface area contributed by atoms with Crippen molar-refractivity contribution in [3.63, 3.8) is 0 Å². The van der Waals surface area contributed by atoms with E-state index < -0.39 is 5.63 Å². The Labute approximate surface area is 309 Å². The molecule has 1 aromatic heterocycles. The Morgan fingerprint density at radius 1 is 0.788 bits per heavy atom. The molecule has 0 bridgehead atoms. The molecule has 6 aromatic carbocycles. The van der Waals surface area contributed by atoms with E-state index in [1.165, 1.54) is 0 Å². The maximum Gasteiger partial charge on any atom is 0.347 e. The summed E-state index contributed by atoms with van der Waals surface area (Å²) in [6.07, 6.45) is 1.75. The van der Waals surface area contributed by atoms with Gasteiger partial charge in [0.05, 0.1) is 22.2 Å². The number of amides is 2. The number of piperidine rings is 1. The molecule has 1 atom stereocenters. The second-order valence-electron chi connectivity index (χ2n) is 12.6. The van der Waals surface area contributed by atoms with Gasteiger partial charge in [-0.15, -0.1) is 0 Å². The van der Waals surface area contributed by atoms with Crippen molar-refractivity contribution in [1.29, 1.82) is 0 Å². The molecule has 0 spiro atoms. The topological polar surface area (TPSA) is 113 Å². The van der Waals surface area contributed by atoms with Crippen molar-refractivity contribution in [2.45, 2.75) is 12.8 Å². The van der Waals surface area contributed by atoms with Gasteiger partial charge in [-0.1, -0.05) is 96.0 Å². The highest BCUT2D eigenvalue weighted by Crippen LogP contribution is 2.29. The van der Waals surface area contributed by atoms with Gasteiger partial charge in [0.25, 0.3) is 11.8 Å². The summed E-state index contributed by atoms with van der Waals surface area (Å²) in [7, 11) is 0. The van der Waals surface area contributed by atoms with E-state index >= 15 is 0 Å². The maximum atomic E-state index is 13.2. The average Bonchev–Trinajstić information content (AvgIpc) is 3.18. The van der Waals surface area contributed by atoms with E-state index in [1.807, 2.05) is 78.9 Å². The van der Waals surface area contributed by atoms with Crippen molar-refractivity contribution in [2.75, 3.05) is 25.0 Å². The van der Waals surface area contributed by atoms with Crippen LogP contribution < -0.4 is 10.9 Å². The predicted molar refractivity (Wildman–Crippen MR) is 207 cm³/mol. The molecule has 2 heterocycles. The molecule has 1 aliphatic heterocycles. The summed E-state index contributed by atoms with van der Waals surface area (Å²) in [5.41, 5.74) is 2.26. The smallest absolute Gasteiger partial charge is 0.347 e. The van der Waals surface area contributed by atoms with Gasteiger partial charge in [0.15, 0.2) is 0 Å². The lowest BCUT2D eigenvalue weighted by Gasteiger charge is -2.32. The summed E-state index contributed by atoms with van der Waals surface area (Å²) >= 11 is 12.1. The number of aliphatic hydroxyl groups excluding tert-OH is 1. The number of carbonyl (C=O) groups is 2. The van der Waals surface area contributed by atoms with E-state index in [-0.39, 0.29) is 24.3 Å². The van der Waals surface area contributed by atoms with Crippen molar-refractivity contribution < 1.29 is 19.1 Å². The quantitative estimate of drug-likeness (QED) is 0.183. The van der Waals surface area contributed by atoms with Crippen molar-refractivity contribution >= 4 is 73.2 Å². The zero-order chi connectivity index (χ0) is 36.2. The second-order valence-corrected chi connectivity index (χ2v) is 13.5. The van der Waals surface area contributed by atoms with Gasteiger partial charge in [0.2, 0.25) is 5.89 Å². The SMILES string of the molecule is O=C(Nc1ccc(Cl)cc1C(=O)N1CCCC(CO)C1)c1cccc2ccccc12.O=c1oc(-c2cccc3ccccc23)nc2ccc(Cl)cc12. The van der Waals surface area contributed by atoms with Crippen LogP contribution in [0.15, 0.2) is 131 Å². The van der Waals surface area contributed by atoms with Gasteiger partial charge < -0.3 is 19.7 Å². The average molecular weight is 731 g/mol. The third kappa shape index (κ3) is 7.41. The summed E-state index contributed by atoms with van der Waals surface area (Å²) < 4.78 is 5.41. The van der Waals surface area contributed by atoms with Gasteiger partial charge in [-0.25, -0.2) is 9.78 Å². The standard InChI is InChI=1S/C24H23ClN2O3.C18H10ClNO2/c25-18-10-11-22(21(13-18)24(30)27-12-4-5-16(14-27)15-28)26-23(29)20-9-3-7-17-6-1-2-8-19(17)20;19-12-8-9-16-15(10-12)18(21)22-17(20-16)14-7-3-5-11-4-1-2-6-13(11)14/h1-3,6-11,13,16,28H,4-5,12,14-15H2,(H,26,29);1-10H. The number of aliphatic hydroxyl groups is 1. The minimum atomic E-state index is -0.435. The molecule has 2 amide bonds. The number of anilines is 1. The van der Waals surface area contributed by atoms with Crippen molar-refractivity contribution in [3.8, 4) is 11.5 Å². The highest BCUT2D eigenvalue weighted by atomic mass is 35.5. The van der Waals surface area contributed by atoms with Crippen LogP contribution in [0.25, 0.3) is 43.9 Å².